The first-order chi connectivity index (χ1) is 14.0. The van der Waals surface area contributed by atoms with Crippen molar-refractivity contribution in [2.24, 2.45) is 0 Å². The van der Waals surface area contributed by atoms with E-state index < -0.39 is 0 Å². The van der Waals surface area contributed by atoms with E-state index >= 15 is 0 Å². The van der Waals surface area contributed by atoms with Gasteiger partial charge in [0.15, 0.2) is 0 Å². The second-order valence-corrected chi connectivity index (χ2v) is 7.66. The molecule has 3 aromatic rings. The number of piperidine rings is 1. The first-order valence-electron chi connectivity index (χ1n) is 9.50. The third kappa shape index (κ3) is 3.40. The van der Waals surface area contributed by atoms with Crippen LogP contribution in [-0.4, -0.2) is 51.9 Å². The molecule has 0 unspecified atom stereocenters. The first-order valence-corrected chi connectivity index (χ1v) is 9.88. The Morgan fingerprint density at radius 1 is 1.31 bits per heavy atom. The molecule has 8 heteroatoms. The van der Waals surface area contributed by atoms with Crippen molar-refractivity contribution in [3.05, 3.63) is 52.4 Å². The first kappa shape index (κ1) is 19.2. The van der Waals surface area contributed by atoms with Gasteiger partial charge in [-0.15, -0.1) is 0 Å². The normalized spacial score (nSPS) is 14.8. The zero-order valence-electron chi connectivity index (χ0n) is 16.3. The van der Waals surface area contributed by atoms with Crippen molar-refractivity contribution < 1.29 is 4.79 Å². The molecule has 2 aromatic heterocycles. The summed E-state index contributed by atoms with van der Waals surface area (Å²) in [7, 11) is 2.04. The fraction of sp³-hybridized carbons (Fsp3) is 0.333. The summed E-state index contributed by atoms with van der Waals surface area (Å²) >= 11 is 6.24. The molecule has 0 spiro atoms. The fourth-order valence-electron chi connectivity index (χ4n) is 3.94. The van der Waals surface area contributed by atoms with Gasteiger partial charge in [0.2, 0.25) is 0 Å². The van der Waals surface area contributed by atoms with E-state index in [1.54, 1.807) is 25.4 Å². The van der Waals surface area contributed by atoms with Crippen molar-refractivity contribution in [3.8, 4) is 6.07 Å². The molecule has 3 heterocycles. The molecule has 1 saturated heterocycles. The number of amides is 1. The summed E-state index contributed by atoms with van der Waals surface area (Å²) in [5.41, 5.74) is 2.43. The van der Waals surface area contributed by atoms with Crippen LogP contribution in [0.1, 0.15) is 34.3 Å². The molecule has 4 rings (SSSR count). The number of carbonyl (C=O) groups is 1. The van der Waals surface area contributed by atoms with Crippen LogP contribution in [0.15, 0.2) is 30.7 Å². The summed E-state index contributed by atoms with van der Waals surface area (Å²) in [6, 6.07) is 7.63. The largest absolute Gasteiger partial charge is 0.356 e. The van der Waals surface area contributed by atoms with Crippen LogP contribution in [0.4, 0.5) is 5.82 Å². The van der Waals surface area contributed by atoms with E-state index in [2.05, 4.69) is 25.9 Å². The van der Waals surface area contributed by atoms with E-state index in [1.807, 2.05) is 24.2 Å². The number of carbonyl (C=O) groups excluding carboxylic acids is 1. The molecule has 0 aliphatic carbocycles. The lowest BCUT2D eigenvalue weighted by Crippen LogP contribution is -2.46. The molecule has 1 aromatic carbocycles. The number of anilines is 1. The van der Waals surface area contributed by atoms with E-state index in [-0.39, 0.29) is 11.9 Å². The summed E-state index contributed by atoms with van der Waals surface area (Å²) in [6.45, 7) is 3.10. The van der Waals surface area contributed by atoms with Gasteiger partial charge in [0, 0.05) is 37.9 Å². The lowest BCUT2D eigenvalue weighted by Gasteiger charge is -2.37. The van der Waals surface area contributed by atoms with Crippen molar-refractivity contribution >= 4 is 34.4 Å². The van der Waals surface area contributed by atoms with Gasteiger partial charge >= 0.3 is 0 Å². The van der Waals surface area contributed by atoms with Gasteiger partial charge in [0.05, 0.1) is 16.0 Å². The quantitative estimate of drug-likeness (QED) is 0.716. The summed E-state index contributed by atoms with van der Waals surface area (Å²) in [5, 5.41) is 10.5. The Balaban J connectivity index is 1.47. The number of hydrogen-bond donors (Lipinski definition) is 1. The Kier molecular flexibility index (Phi) is 5.12. The van der Waals surface area contributed by atoms with Crippen molar-refractivity contribution in [2.45, 2.75) is 25.8 Å². The Morgan fingerprint density at radius 3 is 2.79 bits per heavy atom. The highest BCUT2D eigenvalue weighted by Gasteiger charge is 2.28. The van der Waals surface area contributed by atoms with Crippen molar-refractivity contribution in [3.63, 3.8) is 0 Å². The molecule has 1 fully saturated rings. The monoisotopic (exact) mass is 408 g/mol. The van der Waals surface area contributed by atoms with Crippen molar-refractivity contribution in [1.82, 2.24) is 19.9 Å². The van der Waals surface area contributed by atoms with E-state index in [1.165, 1.54) is 0 Å². The SMILES string of the molecule is Cc1c(C(=O)N2CCC(N(C)c3ncnc4[nH]ccc34)CC2)ccc(C#N)c1Cl. The van der Waals surface area contributed by atoms with E-state index in [9.17, 15) is 4.79 Å². The van der Waals surface area contributed by atoms with Crippen LogP contribution in [0.25, 0.3) is 11.0 Å². The maximum absolute atomic E-state index is 13.0. The smallest absolute Gasteiger partial charge is 0.254 e. The molecule has 1 aliphatic rings. The average Bonchev–Trinajstić information content (AvgIpc) is 3.24. The van der Waals surface area contributed by atoms with Crippen LogP contribution in [0, 0.1) is 18.3 Å². The molecular weight excluding hydrogens is 388 g/mol. The molecule has 0 bridgehead atoms. The number of rotatable bonds is 3. The minimum atomic E-state index is -0.0370. The predicted octanol–water partition coefficient (Wildman–Crippen LogP) is 3.53. The third-order valence-corrected chi connectivity index (χ3v) is 6.19. The molecular formula is C21H21ClN6O. The molecule has 7 nitrogen and oxygen atoms in total. The maximum atomic E-state index is 13.0. The Hall–Kier alpha value is -3.11. The number of likely N-dealkylation sites (tertiary alicyclic amines) is 1. The van der Waals surface area contributed by atoms with Gasteiger partial charge in [0.25, 0.3) is 5.91 Å². The number of nitrogens with one attached hydrogen (secondary N) is 1. The highest BCUT2D eigenvalue weighted by Crippen LogP contribution is 2.28. The molecule has 0 saturated carbocycles. The van der Waals surface area contributed by atoms with Crippen LogP contribution in [-0.2, 0) is 0 Å². The van der Waals surface area contributed by atoms with Crippen molar-refractivity contribution in [1.29, 1.82) is 5.26 Å². The summed E-state index contributed by atoms with van der Waals surface area (Å²) in [5.74, 6) is 0.862. The Labute approximate surface area is 173 Å². The van der Waals surface area contributed by atoms with Gasteiger partial charge < -0.3 is 14.8 Å². The maximum Gasteiger partial charge on any atom is 0.254 e. The number of halogens is 1. The number of nitrogens with zero attached hydrogens (tertiary/aromatic N) is 5. The second kappa shape index (κ2) is 7.72. The van der Waals surface area contributed by atoms with E-state index in [0.717, 1.165) is 29.7 Å². The molecule has 0 atom stereocenters. The molecule has 0 radical (unpaired) electrons. The minimum Gasteiger partial charge on any atom is -0.356 e. The average molecular weight is 409 g/mol. The fourth-order valence-corrected chi connectivity index (χ4v) is 4.15. The molecule has 1 N–H and O–H groups in total. The van der Waals surface area contributed by atoms with Crippen molar-refractivity contribution in [2.75, 3.05) is 25.0 Å². The van der Waals surface area contributed by atoms with Crippen LogP contribution >= 0.6 is 11.6 Å². The topological polar surface area (TPSA) is 88.9 Å². The van der Waals surface area contributed by atoms with E-state index in [4.69, 9.17) is 16.9 Å². The van der Waals surface area contributed by atoms with Crippen LogP contribution in [0.2, 0.25) is 5.02 Å². The Morgan fingerprint density at radius 2 is 2.07 bits per heavy atom. The zero-order chi connectivity index (χ0) is 20.5. The number of aromatic nitrogens is 3. The van der Waals surface area contributed by atoms with Gasteiger partial charge in [-0.05, 0) is 43.5 Å². The molecule has 1 amide bonds. The predicted molar refractivity (Wildman–Crippen MR) is 112 cm³/mol. The number of hydrogen-bond acceptors (Lipinski definition) is 5. The molecule has 1 aliphatic heterocycles. The number of H-pyrrole nitrogens is 1. The Bertz CT molecular complexity index is 1110. The summed E-state index contributed by atoms with van der Waals surface area (Å²) in [4.78, 5) is 28.9. The highest BCUT2D eigenvalue weighted by molar-refractivity contribution is 6.33. The van der Waals surface area contributed by atoms with Crippen LogP contribution in [0.5, 0.6) is 0 Å². The number of fused-ring (bicyclic) bond motifs is 1. The van der Waals surface area contributed by atoms with Gasteiger partial charge in [-0.25, -0.2) is 9.97 Å². The zero-order valence-corrected chi connectivity index (χ0v) is 17.1. The number of benzene rings is 1. The van der Waals surface area contributed by atoms with Gasteiger partial charge in [-0.1, -0.05) is 11.6 Å². The lowest BCUT2D eigenvalue weighted by atomic mass is 10.00. The van der Waals surface area contributed by atoms with Crippen LogP contribution < -0.4 is 4.90 Å². The second-order valence-electron chi connectivity index (χ2n) is 7.28. The molecule has 29 heavy (non-hydrogen) atoms. The minimum absolute atomic E-state index is 0.0370. The summed E-state index contributed by atoms with van der Waals surface area (Å²) < 4.78 is 0. The van der Waals surface area contributed by atoms with Gasteiger partial charge in [-0.3, -0.25) is 4.79 Å². The van der Waals surface area contributed by atoms with Gasteiger partial charge in [-0.2, -0.15) is 5.26 Å². The highest BCUT2D eigenvalue weighted by atomic mass is 35.5. The van der Waals surface area contributed by atoms with Gasteiger partial charge in [0.1, 0.15) is 23.9 Å². The van der Waals surface area contributed by atoms with E-state index in [0.29, 0.717) is 34.8 Å². The molecule has 148 valence electrons. The van der Waals surface area contributed by atoms with Crippen LogP contribution in [0.3, 0.4) is 0 Å². The standard InChI is InChI=1S/C21H21ClN6O/c1-13-16(4-3-14(11-23)18(13)22)21(29)28-9-6-15(7-10-28)27(2)20-17-5-8-24-19(17)25-12-26-20/h3-5,8,12,15H,6-7,9-10H2,1-2H3,(H,24,25,26). The third-order valence-electron chi connectivity index (χ3n) is 5.70. The number of nitriles is 1. The lowest BCUT2D eigenvalue weighted by molar-refractivity contribution is 0.0712. The number of aromatic amines is 1. The summed E-state index contributed by atoms with van der Waals surface area (Å²) in [6.07, 6.45) is 5.13.